The second kappa shape index (κ2) is 5.67. The smallest absolute Gasteiger partial charge is 0.254 e. The summed E-state index contributed by atoms with van der Waals surface area (Å²) in [5.41, 5.74) is 8.47. The number of amides is 1. The summed E-state index contributed by atoms with van der Waals surface area (Å²) in [6.45, 7) is 5.45. The molecule has 0 bridgehead atoms. The lowest BCUT2D eigenvalue weighted by atomic mass is 10.0. The molecule has 5 heteroatoms. The topological polar surface area (TPSA) is 55.6 Å². The zero-order valence-electron chi connectivity index (χ0n) is 11.2. The van der Waals surface area contributed by atoms with Crippen LogP contribution in [0.1, 0.15) is 21.5 Å². The molecular formula is C14H18N2O2S. The Morgan fingerprint density at radius 3 is 2.89 bits per heavy atom. The second-order valence-electron chi connectivity index (χ2n) is 4.76. The number of benzene rings is 1. The SMILES string of the molecule is Cc1cccc(C(=O)N2CCOC(C(N)=S)C2)c1C. The van der Waals surface area contributed by atoms with E-state index < -0.39 is 0 Å². The lowest BCUT2D eigenvalue weighted by molar-refractivity contribution is 0.00874. The Morgan fingerprint density at radius 2 is 2.21 bits per heavy atom. The number of morpholine rings is 1. The normalized spacial score (nSPS) is 19.3. The number of aryl methyl sites for hydroxylation is 1. The molecule has 4 nitrogen and oxygen atoms in total. The highest BCUT2D eigenvalue weighted by Crippen LogP contribution is 2.17. The van der Waals surface area contributed by atoms with Gasteiger partial charge in [-0.2, -0.15) is 0 Å². The highest BCUT2D eigenvalue weighted by atomic mass is 32.1. The van der Waals surface area contributed by atoms with Crippen LogP contribution in [0.2, 0.25) is 0 Å². The molecule has 1 aliphatic heterocycles. The van der Waals surface area contributed by atoms with Gasteiger partial charge in [-0.1, -0.05) is 24.4 Å². The third kappa shape index (κ3) is 2.93. The Balaban J connectivity index is 2.19. The molecular weight excluding hydrogens is 260 g/mol. The van der Waals surface area contributed by atoms with Gasteiger partial charge in [0.05, 0.1) is 13.2 Å². The highest BCUT2D eigenvalue weighted by Gasteiger charge is 2.27. The van der Waals surface area contributed by atoms with E-state index in [1.165, 1.54) is 0 Å². The first-order valence-corrected chi connectivity index (χ1v) is 6.68. The second-order valence-corrected chi connectivity index (χ2v) is 5.23. The molecule has 2 N–H and O–H groups in total. The highest BCUT2D eigenvalue weighted by molar-refractivity contribution is 7.80. The summed E-state index contributed by atoms with van der Waals surface area (Å²) in [6, 6.07) is 5.76. The van der Waals surface area contributed by atoms with Gasteiger partial charge in [-0.05, 0) is 31.0 Å². The van der Waals surface area contributed by atoms with Crippen LogP contribution in [0.5, 0.6) is 0 Å². The Kier molecular flexibility index (Phi) is 4.17. The third-order valence-corrected chi connectivity index (χ3v) is 3.77. The van der Waals surface area contributed by atoms with Crippen molar-refractivity contribution < 1.29 is 9.53 Å². The predicted octanol–water partition coefficient (Wildman–Crippen LogP) is 1.43. The zero-order chi connectivity index (χ0) is 14.0. The zero-order valence-corrected chi connectivity index (χ0v) is 12.0. The van der Waals surface area contributed by atoms with Crippen molar-refractivity contribution in [3.63, 3.8) is 0 Å². The van der Waals surface area contributed by atoms with Gasteiger partial charge in [0.2, 0.25) is 0 Å². The molecule has 1 atom stereocenters. The maximum absolute atomic E-state index is 12.5. The van der Waals surface area contributed by atoms with E-state index in [9.17, 15) is 4.79 Å². The molecule has 0 aliphatic carbocycles. The van der Waals surface area contributed by atoms with Crippen LogP contribution in [0, 0.1) is 13.8 Å². The number of hydrogen-bond donors (Lipinski definition) is 1. The Labute approximate surface area is 118 Å². The van der Waals surface area contributed by atoms with Crippen LogP contribution >= 0.6 is 12.2 Å². The number of carbonyl (C=O) groups excluding carboxylic acids is 1. The van der Waals surface area contributed by atoms with E-state index in [-0.39, 0.29) is 12.0 Å². The van der Waals surface area contributed by atoms with E-state index in [0.717, 1.165) is 16.7 Å². The molecule has 1 aromatic rings. The molecule has 0 saturated carbocycles. The fourth-order valence-corrected chi connectivity index (χ4v) is 2.30. The number of hydrogen-bond acceptors (Lipinski definition) is 3. The minimum atomic E-state index is -0.335. The van der Waals surface area contributed by atoms with Gasteiger partial charge in [-0.25, -0.2) is 0 Å². The van der Waals surface area contributed by atoms with Gasteiger partial charge in [-0.3, -0.25) is 4.79 Å². The fraction of sp³-hybridized carbons (Fsp3) is 0.429. The van der Waals surface area contributed by atoms with Crippen LogP contribution in [0.3, 0.4) is 0 Å². The molecule has 1 saturated heterocycles. The van der Waals surface area contributed by atoms with Crippen LogP contribution in [0.15, 0.2) is 18.2 Å². The minimum Gasteiger partial charge on any atom is -0.391 e. The first-order valence-electron chi connectivity index (χ1n) is 6.27. The van der Waals surface area contributed by atoms with Crippen molar-refractivity contribution >= 4 is 23.1 Å². The minimum absolute atomic E-state index is 0.0192. The van der Waals surface area contributed by atoms with Crippen LogP contribution in [-0.2, 0) is 4.74 Å². The van der Waals surface area contributed by atoms with Gasteiger partial charge in [0.15, 0.2) is 0 Å². The summed E-state index contributed by atoms with van der Waals surface area (Å²) < 4.78 is 5.45. The van der Waals surface area contributed by atoms with Crippen LogP contribution < -0.4 is 5.73 Å². The molecule has 1 heterocycles. The lowest BCUT2D eigenvalue weighted by Crippen LogP contribution is -2.50. The molecule has 1 unspecified atom stereocenters. The van der Waals surface area contributed by atoms with Crippen molar-refractivity contribution in [2.45, 2.75) is 20.0 Å². The first kappa shape index (κ1) is 14.0. The van der Waals surface area contributed by atoms with E-state index >= 15 is 0 Å². The largest absolute Gasteiger partial charge is 0.391 e. The van der Waals surface area contributed by atoms with Gasteiger partial charge in [0.25, 0.3) is 5.91 Å². The van der Waals surface area contributed by atoms with Crippen molar-refractivity contribution in [1.29, 1.82) is 0 Å². The van der Waals surface area contributed by atoms with Crippen molar-refractivity contribution in [3.8, 4) is 0 Å². The molecule has 2 rings (SSSR count). The molecule has 1 aliphatic rings. The van der Waals surface area contributed by atoms with Gasteiger partial charge < -0.3 is 15.4 Å². The number of rotatable bonds is 2. The van der Waals surface area contributed by atoms with Crippen molar-refractivity contribution in [1.82, 2.24) is 4.90 Å². The molecule has 19 heavy (non-hydrogen) atoms. The number of ether oxygens (including phenoxy) is 1. The van der Waals surface area contributed by atoms with Crippen molar-refractivity contribution in [2.75, 3.05) is 19.7 Å². The summed E-state index contributed by atoms with van der Waals surface area (Å²) in [5, 5.41) is 0. The van der Waals surface area contributed by atoms with Crippen molar-refractivity contribution in [3.05, 3.63) is 34.9 Å². The average Bonchev–Trinajstić information content (AvgIpc) is 2.41. The molecule has 1 fully saturated rings. The summed E-state index contributed by atoms with van der Waals surface area (Å²) in [5.74, 6) is 0.0192. The Morgan fingerprint density at radius 1 is 1.47 bits per heavy atom. The summed E-state index contributed by atoms with van der Waals surface area (Å²) in [4.78, 5) is 14.6. The monoisotopic (exact) mass is 278 g/mol. The number of thiocarbonyl (C=S) groups is 1. The molecule has 0 radical (unpaired) electrons. The summed E-state index contributed by atoms with van der Waals surface area (Å²) in [6.07, 6.45) is -0.335. The number of nitrogens with zero attached hydrogens (tertiary/aromatic N) is 1. The molecule has 0 aromatic heterocycles. The molecule has 1 amide bonds. The predicted molar refractivity (Wildman–Crippen MR) is 78.3 cm³/mol. The standard InChI is InChI=1S/C14H18N2O2S/c1-9-4-3-5-11(10(9)2)14(17)16-6-7-18-12(8-16)13(15)19/h3-5,12H,6-8H2,1-2H3,(H2,15,19). The van der Waals surface area contributed by atoms with Gasteiger partial charge in [-0.15, -0.1) is 0 Å². The quantitative estimate of drug-likeness (QED) is 0.832. The Bertz CT molecular complexity index is 516. The van der Waals surface area contributed by atoms with E-state index in [2.05, 4.69) is 0 Å². The number of nitrogens with two attached hydrogens (primary N) is 1. The molecule has 102 valence electrons. The maximum atomic E-state index is 12.5. The maximum Gasteiger partial charge on any atom is 0.254 e. The molecule has 1 aromatic carbocycles. The van der Waals surface area contributed by atoms with Crippen LogP contribution in [0.25, 0.3) is 0 Å². The van der Waals surface area contributed by atoms with Crippen molar-refractivity contribution in [2.24, 2.45) is 5.73 Å². The third-order valence-electron chi connectivity index (χ3n) is 3.51. The van der Waals surface area contributed by atoms with Gasteiger partial charge in [0.1, 0.15) is 11.1 Å². The van der Waals surface area contributed by atoms with E-state index in [4.69, 9.17) is 22.7 Å². The van der Waals surface area contributed by atoms with E-state index in [1.807, 2.05) is 32.0 Å². The molecule has 0 spiro atoms. The number of carbonyl (C=O) groups is 1. The van der Waals surface area contributed by atoms with E-state index in [0.29, 0.717) is 24.7 Å². The van der Waals surface area contributed by atoms with Crippen LogP contribution in [0.4, 0.5) is 0 Å². The van der Waals surface area contributed by atoms with Gasteiger partial charge in [0, 0.05) is 12.1 Å². The first-order chi connectivity index (χ1) is 9.00. The lowest BCUT2D eigenvalue weighted by Gasteiger charge is -2.32. The van der Waals surface area contributed by atoms with Crippen LogP contribution in [-0.4, -0.2) is 41.6 Å². The van der Waals surface area contributed by atoms with Gasteiger partial charge >= 0.3 is 0 Å². The Hall–Kier alpha value is -1.46. The summed E-state index contributed by atoms with van der Waals surface area (Å²) in [7, 11) is 0. The fourth-order valence-electron chi connectivity index (χ4n) is 2.16. The van der Waals surface area contributed by atoms with E-state index in [1.54, 1.807) is 4.90 Å². The average molecular weight is 278 g/mol. The summed E-state index contributed by atoms with van der Waals surface area (Å²) >= 11 is 4.93.